The lowest BCUT2D eigenvalue weighted by Crippen LogP contribution is -2.37. The maximum atomic E-state index is 5.68. The molecule has 4 rings (SSSR count). The minimum absolute atomic E-state index is 0.284. The van der Waals surface area contributed by atoms with Crippen LogP contribution in [-0.2, 0) is 0 Å². The van der Waals surface area contributed by atoms with Crippen LogP contribution in [0.4, 0.5) is 0 Å². The molecule has 3 nitrogen and oxygen atoms in total. The molecule has 2 aromatic rings. The Morgan fingerprint density at radius 1 is 1.38 bits per heavy atom. The smallest absolute Gasteiger partial charge is 0.179 e. The molecule has 2 fully saturated rings. The highest BCUT2D eigenvalue weighted by Crippen LogP contribution is 2.68. The Labute approximate surface area is 130 Å². The molecule has 1 N–H and O–H groups in total. The van der Waals surface area contributed by atoms with Gasteiger partial charge >= 0.3 is 0 Å². The van der Waals surface area contributed by atoms with Crippen LogP contribution in [-0.4, -0.2) is 14.5 Å². The molecule has 2 heterocycles. The SMILES string of the molecule is Cc1ccnc2c1[nH]c(=S)n2C1C2(C)CCC(C2)C1(C)C. The molecule has 0 aliphatic heterocycles. The average molecular weight is 301 g/mol. The summed E-state index contributed by atoms with van der Waals surface area (Å²) in [5.74, 6) is 0.809. The first-order chi connectivity index (χ1) is 9.84. The number of nitrogens with zero attached hydrogens (tertiary/aromatic N) is 2. The molecule has 3 unspecified atom stereocenters. The third-order valence-corrected chi connectivity index (χ3v) is 6.57. The summed E-state index contributed by atoms with van der Waals surface area (Å²) in [6.07, 6.45) is 5.90. The maximum absolute atomic E-state index is 5.68. The molecule has 21 heavy (non-hydrogen) atoms. The van der Waals surface area contributed by atoms with E-state index in [4.69, 9.17) is 12.2 Å². The van der Waals surface area contributed by atoms with Crippen molar-refractivity contribution in [3.63, 3.8) is 0 Å². The number of aryl methyl sites for hydroxylation is 1. The zero-order chi connectivity index (χ0) is 15.0. The molecule has 0 spiro atoms. The summed E-state index contributed by atoms with van der Waals surface area (Å²) < 4.78 is 3.16. The minimum Gasteiger partial charge on any atom is -0.329 e. The molecule has 2 saturated carbocycles. The first-order valence-corrected chi connectivity index (χ1v) is 8.31. The number of fused-ring (bicyclic) bond motifs is 3. The first-order valence-electron chi connectivity index (χ1n) is 7.90. The highest BCUT2D eigenvalue weighted by atomic mass is 32.1. The van der Waals surface area contributed by atoms with Crippen LogP contribution in [0.25, 0.3) is 11.2 Å². The highest BCUT2D eigenvalue weighted by Gasteiger charge is 2.60. The molecule has 0 aromatic carbocycles. The van der Waals surface area contributed by atoms with Crippen molar-refractivity contribution >= 4 is 23.4 Å². The molecule has 3 atom stereocenters. The van der Waals surface area contributed by atoms with E-state index in [-0.39, 0.29) is 5.41 Å². The lowest BCUT2D eigenvalue weighted by atomic mass is 9.68. The highest BCUT2D eigenvalue weighted by molar-refractivity contribution is 7.71. The van der Waals surface area contributed by atoms with Crippen molar-refractivity contribution in [2.75, 3.05) is 0 Å². The third-order valence-electron chi connectivity index (χ3n) is 6.27. The molecule has 2 aliphatic rings. The molecular formula is C17H23N3S. The van der Waals surface area contributed by atoms with E-state index in [1.54, 1.807) is 0 Å². The first kappa shape index (κ1) is 13.5. The van der Waals surface area contributed by atoms with Gasteiger partial charge in [0.1, 0.15) is 0 Å². The molecule has 2 bridgehead atoms. The van der Waals surface area contributed by atoms with Crippen LogP contribution in [0.2, 0.25) is 0 Å². The Morgan fingerprint density at radius 2 is 2.14 bits per heavy atom. The van der Waals surface area contributed by atoms with Gasteiger partial charge in [-0.1, -0.05) is 20.8 Å². The number of hydrogen-bond donors (Lipinski definition) is 1. The van der Waals surface area contributed by atoms with Gasteiger partial charge in [0.15, 0.2) is 10.4 Å². The Bertz CT molecular complexity index is 780. The summed E-state index contributed by atoms with van der Waals surface area (Å²) in [7, 11) is 0. The number of aromatic nitrogens is 3. The van der Waals surface area contributed by atoms with Gasteiger partial charge in [-0.3, -0.25) is 4.57 Å². The fourth-order valence-electron chi connectivity index (χ4n) is 5.30. The molecule has 0 saturated heterocycles. The zero-order valence-corrected chi connectivity index (χ0v) is 14.0. The van der Waals surface area contributed by atoms with Crippen molar-refractivity contribution in [2.45, 2.75) is 53.0 Å². The number of aromatic amines is 1. The summed E-state index contributed by atoms with van der Waals surface area (Å²) in [5, 5.41) is 0. The van der Waals surface area contributed by atoms with Gasteiger partial charge in [0.25, 0.3) is 0 Å². The molecule has 4 heteroatoms. The predicted octanol–water partition coefficient (Wildman–Crippen LogP) is 4.79. The van der Waals surface area contributed by atoms with Crippen LogP contribution in [0.3, 0.4) is 0 Å². The molecule has 2 aromatic heterocycles. The van der Waals surface area contributed by atoms with Crippen molar-refractivity contribution in [1.29, 1.82) is 0 Å². The van der Waals surface area contributed by atoms with E-state index in [1.807, 2.05) is 12.3 Å². The summed E-state index contributed by atoms with van der Waals surface area (Å²) in [5.41, 5.74) is 3.99. The maximum Gasteiger partial charge on any atom is 0.179 e. The van der Waals surface area contributed by atoms with Crippen LogP contribution in [0.15, 0.2) is 12.3 Å². The molecule has 112 valence electrons. The Morgan fingerprint density at radius 3 is 2.81 bits per heavy atom. The lowest BCUT2D eigenvalue weighted by Gasteiger charge is -2.43. The Kier molecular flexibility index (Phi) is 2.56. The summed E-state index contributed by atoms with van der Waals surface area (Å²) in [4.78, 5) is 8.05. The van der Waals surface area contributed by atoms with Gasteiger partial charge in [0, 0.05) is 12.2 Å². The lowest BCUT2D eigenvalue weighted by molar-refractivity contribution is 0.0851. The van der Waals surface area contributed by atoms with E-state index in [2.05, 4.69) is 42.2 Å². The number of pyridine rings is 1. The fraction of sp³-hybridized carbons (Fsp3) is 0.647. The van der Waals surface area contributed by atoms with Crippen LogP contribution < -0.4 is 0 Å². The Hall–Kier alpha value is -1.16. The van der Waals surface area contributed by atoms with Gasteiger partial charge < -0.3 is 4.98 Å². The number of hydrogen-bond acceptors (Lipinski definition) is 2. The van der Waals surface area contributed by atoms with E-state index >= 15 is 0 Å². The van der Waals surface area contributed by atoms with Crippen LogP contribution in [0, 0.1) is 28.4 Å². The van der Waals surface area contributed by atoms with Crippen molar-refractivity contribution < 1.29 is 0 Å². The van der Waals surface area contributed by atoms with Gasteiger partial charge in [0.2, 0.25) is 0 Å². The third kappa shape index (κ3) is 1.60. The van der Waals surface area contributed by atoms with Crippen molar-refractivity contribution in [3.05, 3.63) is 22.6 Å². The number of H-pyrrole nitrogens is 1. The second kappa shape index (κ2) is 3.97. The molecule has 0 amide bonds. The Balaban J connectivity index is 2.01. The van der Waals surface area contributed by atoms with E-state index in [1.165, 1.54) is 24.8 Å². The summed E-state index contributed by atoms with van der Waals surface area (Å²) in [6.45, 7) is 9.41. The van der Waals surface area contributed by atoms with Crippen molar-refractivity contribution in [3.8, 4) is 0 Å². The zero-order valence-electron chi connectivity index (χ0n) is 13.2. The quantitative estimate of drug-likeness (QED) is 0.768. The summed E-state index contributed by atoms with van der Waals surface area (Å²) in [6, 6.07) is 2.49. The topological polar surface area (TPSA) is 33.6 Å². The van der Waals surface area contributed by atoms with Gasteiger partial charge in [0.05, 0.1) is 5.52 Å². The number of rotatable bonds is 1. The molecular weight excluding hydrogens is 278 g/mol. The standard InChI is InChI=1S/C17H23N3S/c1-10-6-8-18-13-12(10)19-15(21)20(13)14-16(2,3)11-5-7-17(14,4)9-11/h6,8,11,14H,5,7,9H2,1-4H3,(H,19,21). The molecule has 0 radical (unpaired) electrons. The normalized spacial score (nSPS) is 33.9. The summed E-state index contributed by atoms with van der Waals surface area (Å²) >= 11 is 5.68. The largest absolute Gasteiger partial charge is 0.329 e. The van der Waals surface area contributed by atoms with Gasteiger partial charge in [-0.2, -0.15) is 0 Å². The van der Waals surface area contributed by atoms with Gasteiger partial charge in [-0.25, -0.2) is 4.98 Å². The van der Waals surface area contributed by atoms with Gasteiger partial charge in [-0.05, 0) is 66.8 Å². The van der Waals surface area contributed by atoms with Crippen LogP contribution >= 0.6 is 12.2 Å². The number of imidazole rings is 1. The second-order valence-electron chi connectivity index (χ2n) is 7.94. The van der Waals surface area contributed by atoms with Crippen LogP contribution in [0.5, 0.6) is 0 Å². The number of nitrogens with one attached hydrogen (secondary N) is 1. The van der Waals surface area contributed by atoms with E-state index < -0.39 is 0 Å². The van der Waals surface area contributed by atoms with E-state index in [9.17, 15) is 0 Å². The monoisotopic (exact) mass is 301 g/mol. The second-order valence-corrected chi connectivity index (χ2v) is 8.33. The van der Waals surface area contributed by atoms with Crippen molar-refractivity contribution in [2.24, 2.45) is 16.7 Å². The van der Waals surface area contributed by atoms with Crippen LogP contribution in [0.1, 0.15) is 51.6 Å². The predicted molar refractivity (Wildman–Crippen MR) is 87.9 cm³/mol. The van der Waals surface area contributed by atoms with E-state index in [0.29, 0.717) is 11.5 Å². The fourth-order valence-corrected chi connectivity index (χ4v) is 5.60. The van der Waals surface area contributed by atoms with Gasteiger partial charge in [-0.15, -0.1) is 0 Å². The van der Waals surface area contributed by atoms with E-state index in [0.717, 1.165) is 21.9 Å². The average Bonchev–Trinajstić information content (AvgIpc) is 2.99. The molecule has 2 aliphatic carbocycles. The van der Waals surface area contributed by atoms with Crippen molar-refractivity contribution in [1.82, 2.24) is 14.5 Å². The minimum atomic E-state index is 0.284.